The number of anilines is 3. The summed E-state index contributed by atoms with van der Waals surface area (Å²) in [6, 6.07) is 79.6. The molecule has 0 fully saturated rings. The largest absolute Gasteiger partial charge is 0.455 e. The molecule has 0 saturated carbocycles. The number of para-hydroxylation sites is 3. The first kappa shape index (κ1) is 34.9. The molecule has 3 heteroatoms. The molecule has 0 unspecified atom stereocenters. The Morgan fingerprint density at radius 1 is 0.279 bits per heavy atom. The van der Waals surface area contributed by atoms with Crippen LogP contribution in [0.15, 0.2) is 233 Å². The Kier molecular flexibility index (Phi) is 8.17. The molecule has 0 N–H and O–H groups in total. The van der Waals surface area contributed by atoms with E-state index in [1.165, 1.54) is 21.9 Å². The molecular weight excluding hydrogens is 743 g/mol. The van der Waals surface area contributed by atoms with Gasteiger partial charge in [0.1, 0.15) is 16.7 Å². The highest BCUT2D eigenvalue weighted by atomic mass is 16.3. The van der Waals surface area contributed by atoms with E-state index in [-0.39, 0.29) is 0 Å². The fraction of sp³-hybridized carbons (Fsp3) is 0. The van der Waals surface area contributed by atoms with E-state index in [1.807, 2.05) is 6.07 Å². The maximum atomic E-state index is 7.00. The van der Waals surface area contributed by atoms with Crippen LogP contribution in [0, 0.1) is 0 Å². The first-order valence-corrected chi connectivity index (χ1v) is 20.7. The van der Waals surface area contributed by atoms with E-state index in [2.05, 4.69) is 223 Å². The quantitative estimate of drug-likeness (QED) is 0.161. The van der Waals surface area contributed by atoms with Gasteiger partial charge in [0.15, 0.2) is 5.58 Å². The highest BCUT2D eigenvalue weighted by Crippen LogP contribution is 2.46. The zero-order chi connectivity index (χ0) is 40.3. The van der Waals surface area contributed by atoms with Crippen molar-refractivity contribution in [1.29, 1.82) is 0 Å². The van der Waals surface area contributed by atoms with E-state index >= 15 is 0 Å². The van der Waals surface area contributed by atoms with Gasteiger partial charge in [-0.2, -0.15) is 0 Å². The number of nitrogens with zero attached hydrogens (tertiary/aromatic N) is 1. The van der Waals surface area contributed by atoms with Crippen molar-refractivity contribution in [2.24, 2.45) is 0 Å². The zero-order valence-electron chi connectivity index (χ0n) is 33.1. The molecule has 286 valence electrons. The average Bonchev–Trinajstić information content (AvgIpc) is 3.92. The molecule has 12 rings (SSSR count). The van der Waals surface area contributed by atoms with Crippen LogP contribution in [0.5, 0.6) is 0 Å². The van der Waals surface area contributed by atoms with Gasteiger partial charge in [-0.15, -0.1) is 0 Å². The van der Waals surface area contributed by atoms with Crippen LogP contribution in [-0.2, 0) is 0 Å². The third kappa shape index (κ3) is 5.82. The highest BCUT2D eigenvalue weighted by molar-refractivity contribution is 6.16. The summed E-state index contributed by atoms with van der Waals surface area (Å²) in [4.78, 5) is 2.32. The molecule has 0 atom stereocenters. The third-order valence-corrected chi connectivity index (χ3v) is 12.1. The van der Waals surface area contributed by atoms with Crippen molar-refractivity contribution in [1.82, 2.24) is 0 Å². The summed E-state index contributed by atoms with van der Waals surface area (Å²) in [5.41, 5.74) is 15.6. The van der Waals surface area contributed by atoms with Gasteiger partial charge in [0.05, 0.1) is 5.69 Å². The van der Waals surface area contributed by atoms with Crippen LogP contribution >= 0.6 is 0 Å². The van der Waals surface area contributed by atoms with Crippen molar-refractivity contribution in [3.63, 3.8) is 0 Å². The first-order valence-electron chi connectivity index (χ1n) is 20.7. The standard InChI is InChI=1S/C58H37NO2/c1-3-14-39(15-4-1)48-23-10-25-50-51-26-12-28-53(58(51)61-56(48)50)59(43-34-30-41(31-35-43)46-21-9-19-38-18-7-8-20-45(38)46)44-36-32-42(33-37-44)47-22-13-29-54-55(47)52-27-11-24-49(57(52)60-54)40-16-5-2-6-17-40/h1-37H. The van der Waals surface area contributed by atoms with E-state index in [0.29, 0.717) is 0 Å². The third-order valence-electron chi connectivity index (χ3n) is 12.1. The number of hydrogen-bond donors (Lipinski definition) is 0. The lowest BCUT2D eigenvalue weighted by molar-refractivity contribution is 0.669. The summed E-state index contributed by atoms with van der Waals surface area (Å²) in [6.07, 6.45) is 0. The molecule has 0 aliphatic heterocycles. The van der Waals surface area contributed by atoms with Crippen LogP contribution in [0.3, 0.4) is 0 Å². The second kappa shape index (κ2) is 14.3. The lowest BCUT2D eigenvalue weighted by Crippen LogP contribution is -2.10. The molecule has 10 aromatic carbocycles. The molecule has 12 aromatic rings. The highest BCUT2D eigenvalue weighted by Gasteiger charge is 2.22. The molecule has 0 aliphatic carbocycles. The van der Waals surface area contributed by atoms with E-state index in [1.54, 1.807) is 0 Å². The van der Waals surface area contributed by atoms with Gasteiger partial charge in [-0.05, 0) is 80.6 Å². The lowest BCUT2D eigenvalue weighted by atomic mass is 9.97. The number of fused-ring (bicyclic) bond motifs is 7. The molecule has 0 bridgehead atoms. The van der Waals surface area contributed by atoms with Crippen LogP contribution in [0.25, 0.3) is 99.2 Å². The maximum Gasteiger partial charge on any atom is 0.159 e. The molecule has 3 nitrogen and oxygen atoms in total. The van der Waals surface area contributed by atoms with Crippen molar-refractivity contribution in [2.45, 2.75) is 0 Å². The van der Waals surface area contributed by atoms with Gasteiger partial charge < -0.3 is 13.7 Å². The molecule has 0 spiro atoms. The van der Waals surface area contributed by atoms with Crippen molar-refractivity contribution >= 4 is 71.7 Å². The van der Waals surface area contributed by atoms with Crippen LogP contribution < -0.4 is 4.90 Å². The van der Waals surface area contributed by atoms with Crippen LogP contribution in [-0.4, -0.2) is 0 Å². The Hall–Kier alpha value is -8.14. The van der Waals surface area contributed by atoms with Gasteiger partial charge in [-0.3, -0.25) is 0 Å². The maximum absolute atomic E-state index is 7.00. The number of benzene rings is 10. The molecule has 0 saturated heterocycles. The van der Waals surface area contributed by atoms with Gasteiger partial charge in [-0.1, -0.05) is 188 Å². The minimum absolute atomic E-state index is 0.840. The molecular formula is C58H37NO2. The van der Waals surface area contributed by atoms with Crippen LogP contribution in [0.1, 0.15) is 0 Å². The number of hydrogen-bond acceptors (Lipinski definition) is 3. The number of rotatable bonds is 7. The Labute approximate surface area is 353 Å². The van der Waals surface area contributed by atoms with Gasteiger partial charge in [0.25, 0.3) is 0 Å². The fourth-order valence-corrected chi connectivity index (χ4v) is 9.24. The van der Waals surface area contributed by atoms with Crippen molar-refractivity contribution in [3.8, 4) is 44.5 Å². The Bertz CT molecular complexity index is 3560. The summed E-state index contributed by atoms with van der Waals surface area (Å²) >= 11 is 0. The van der Waals surface area contributed by atoms with E-state index in [4.69, 9.17) is 8.83 Å². The zero-order valence-corrected chi connectivity index (χ0v) is 33.1. The SMILES string of the molecule is c1ccc(-c2cccc3c2oc2c(N(c4ccc(-c5cccc6ccccc56)cc4)c4ccc(-c5cccc6oc7c(-c8ccccc8)cccc7c56)cc4)cccc23)cc1. The van der Waals surface area contributed by atoms with E-state index < -0.39 is 0 Å². The normalized spacial score (nSPS) is 11.6. The lowest BCUT2D eigenvalue weighted by Gasteiger charge is -2.26. The Balaban J connectivity index is 1.01. The van der Waals surface area contributed by atoms with Crippen molar-refractivity contribution in [2.75, 3.05) is 4.90 Å². The van der Waals surface area contributed by atoms with E-state index in [9.17, 15) is 0 Å². The van der Waals surface area contributed by atoms with Gasteiger partial charge in [-0.25, -0.2) is 0 Å². The van der Waals surface area contributed by atoms with Crippen molar-refractivity contribution in [3.05, 3.63) is 224 Å². The molecule has 0 radical (unpaired) electrons. The number of furan rings is 2. The Morgan fingerprint density at radius 2 is 0.738 bits per heavy atom. The monoisotopic (exact) mass is 779 g/mol. The Morgan fingerprint density at radius 3 is 1.43 bits per heavy atom. The summed E-state index contributed by atoms with van der Waals surface area (Å²) in [5.74, 6) is 0. The summed E-state index contributed by atoms with van der Waals surface area (Å²) in [6.45, 7) is 0. The minimum atomic E-state index is 0.840. The van der Waals surface area contributed by atoms with Crippen molar-refractivity contribution < 1.29 is 8.83 Å². The predicted octanol–water partition coefficient (Wildman–Crippen LogP) is 16.8. The topological polar surface area (TPSA) is 29.5 Å². The van der Waals surface area contributed by atoms with Crippen LogP contribution in [0.4, 0.5) is 17.1 Å². The summed E-state index contributed by atoms with van der Waals surface area (Å²) in [7, 11) is 0. The second-order valence-electron chi connectivity index (χ2n) is 15.6. The van der Waals surface area contributed by atoms with Crippen LogP contribution in [0.2, 0.25) is 0 Å². The predicted molar refractivity (Wildman–Crippen MR) is 255 cm³/mol. The average molecular weight is 780 g/mol. The smallest absolute Gasteiger partial charge is 0.159 e. The minimum Gasteiger partial charge on any atom is -0.455 e. The van der Waals surface area contributed by atoms with E-state index in [0.717, 1.165) is 94.3 Å². The molecule has 2 aromatic heterocycles. The summed E-state index contributed by atoms with van der Waals surface area (Å²) < 4.78 is 13.6. The molecule has 2 heterocycles. The van der Waals surface area contributed by atoms with Gasteiger partial charge in [0, 0.05) is 44.0 Å². The summed E-state index contributed by atoms with van der Waals surface area (Å²) in [5, 5.41) is 6.86. The molecule has 0 aliphatic rings. The fourth-order valence-electron chi connectivity index (χ4n) is 9.24. The first-order chi connectivity index (χ1) is 30.3. The van der Waals surface area contributed by atoms with Gasteiger partial charge >= 0.3 is 0 Å². The molecule has 61 heavy (non-hydrogen) atoms. The van der Waals surface area contributed by atoms with Gasteiger partial charge in [0.2, 0.25) is 0 Å². The molecule has 0 amide bonds. The second-order valence-corrected chi connectivity index (χ2v) is 15.6.